The summed E-state index contributed by atoms with van der Waals surface area (Å²) in [5.74, 6) is -0.173. The average Bonchev–Trinajstić information content (AvgIpc) is 2.70. The van der Waals surface area contributed by atoms with Gasteiger partial charge in [0.05, 0.1) is 5.69 Å². The fourth-order valence-corrected chi connectivity index (χ4v) is 1.90. The van der Waals surface area contributed by atoms with E-state index in [0.29, 0.717) is 31.7 Å². The van der Waals surface area contributed by atoms with Crippen LogP contribution in [0, 0.1) is 5.92 Å². The summed E-state index contributed by atoms with van der Waals surface area (Å²) in [5.41, 5.74) is 5.71. The number of H-pyrrole nitrogens is 1. The number of nitrogens with two attached hydrogens (primary N) is 1. The Kier molecular flexibility index (Phi) is 3.21. The van der Waals surface area contributed by atoms with E-state index in [1.54, 1.807) is 0 Å². The molecule has 0 atom stereocenters. The quantitative estimate of drug-likeness (QED) is 0.723. The van der Waals surface area contributed by atoms with Gasteiger partial charge in [0, 0.05) is 31.7 Å². The zero-order valence-electron chi connectivity index (χ0n) is 8.94. The fourth-order valence-electron chi connectivity index (χ4n) is 1.90. The number of carbonyl (C=O) groups is 1. The molecule has 6 heteroatoms. The van der Waals surface area contributed by atoms with Crippen molar-refractivity contribution >= 4 is 5.91 Å². The molecular formula is C10H15N3O3. The van der Waals surface area contributed by atoms with Gasteiger partial charge in [0.15, 0.2) is 0 Å². The van der Waals surface area contributed by atoms with Gasteiger partial charge >= 0.3 is 0 Å². The minimum atomic E-state index is -0.291. The van der Waals surface area contributed by atoms with Gasteiger partial charge < -0.3 is 10.5 Å². The Labute approximate surface area is 92.4 Å². The average molecular weight is 225 g/mol. The molecule has 1 fully saturated rings. The molecule has 0 saturated carbocycles. The Morgan fingerprint density at radius 3 is 2.88 bits per heavy atom. The van der Waals surface area contributed by atoms with Gasteiger partial charge in [-0.25, -0.2) is 4.68 Å². The third-order valence-electron chi connectivity index (χ3n) is 2.81. The Hall–Kier alpha value is -1.40. The zero-order chi connectivity index (χ0) is 11.5. The molecule has 1 aliphatic heterocycles. The lowest BCUT2D eigenvalue weighted by atomic mass is 9.99. The maximum atomic E-state index is 12.1. The number of aromatic amines is 1. The van der Waals surface area contributed by atoms with Crippen molar-refractivity contribution in [3.05, 3.63) is 22.1 Å². The third kappa shape index (κ3) is 2.07. The predicted molar refractivity (Wildman–Crippen MR) is 57.1 cm³/mol. The molecule has 16 heavy (non-hydrogen) atoms. The fraction of sp³-hybridized carbons (Fsp3) is 0.600. The van der Waals surface area contributed by atoms with Crippen molar-refractivity contribution in [2.24, 2.45) is 11.7 Å². The van der Waals surface area contributed by atoms with Crippen molar-refractivity contribution in [1.29, 1.82) is 0 Å². The molecule has 0 aromatic carbocycles. The number of nitrogens with zero attached hydrogens (tertiary/aromatic N) is 1. The van der Waals surface area contributed by atoms with Gasteiger partial charge in [-0.15, -0.1) is 0 Å². The number of carbonyl (C=O) groups excluding carboxylic acids is 1. The summed E-state index contributed by atoms with van der Waals surface area (Å²) in [4.78, 5) is 23.2. The van der Waals surface area contributed by atoms with Crippen LogP contribution in [0.15, 0.2) is 10.9 Å². The SMILES string of the molecule is NCc1cc(=O)[nH]n1C(=O)C1CCOCC1. The van der Waals surface area contributed by atoms with Crippen molar-refractivity contribution in [3.63, 3.8) is 0 Å². The summed E-state index contributed by atoms with van der Waals surface area (Å²) in [6.07, 6.45) is 1.39. The minimum Gasteiger partial charge on any atom is -0.381 e. The van der Waals surface area contributed by atoms with Crippen molar-refractivity contribution < 1.29 is 9.53 Å². The van der Waals surface area contributed by atoms with Crippen molar-refractivity contribution in [3.8, 4) is 0 Å². The normalized spacial score (nSPS) is 17.6. The Balaban J connectivity index is 2.21. The lowest BCUT2D eigenvalue weighted by Crippen LogP contribution is -2.30. The first-order valence-corrected chi connectivity index (χ1v) is 5.35. The van der Waals surface area contributed by atoms with E-state index < -0.39 is 0 Å². The second kappa shape index (κ2) is 4.63. The van der Waals surface area contributed by atoms with E-state index in [9.17, 15) is 9.59 Å². The van der Waals surface area contributed by atoms with E-state index in [1.165, 1.54) is 10.7 Å². The first-order valence-electron chi connectivity index (χ1n) is 5.35. The van der Waals surface area contributed by atoms with Gasteiger partial charge in [-0.1, -0.05) is 0 Å². The summed E-state index contributed by atoms with van der Waals surface area (Å²) in [5, 5.41) is 2.48. The van der Waals surface area contributed by atoms with E-state index in [1.807, 2.05) is 0 Å². The molecule has 0 unspecified atom stereocenters. The molecule has 0 aliphatic carbocycles. The summed E-state index contributed by atoms with van der Waals surface area (Å²) < 4.78 is 6.47. The van der Waals surface area contributed by atoms with Crippen LogP contribution in [0.1, 0.15) is 23.3 Å². The van der Waals surface area contributed by atoms with Gasteiger partial charge in [0.25, 0.3) is 5.56 Å². The van der Waals surface area contributed by atoms with Gasteiger partial charge in [-0.3, -0.25) is 14.7 Å². The molecule has 1 saturated heterocycles. The standard InChI is InChI=1S/C10H15N3O3/c11-6-8-5-9(14)12-13(8)10(15)7-1-3-16-4-2-7/h5,7H,1-4,6,11H2,(H,12,14). The van der Waals surface area contributed by atoms with Crippen LogP contribution in [0.2, 0.25) is 0 Å². The van der Waals surface area contributed by atoms with E-state index in [2.05, 4.69) is 5.10 Å². The zero-order valence-corrected chi connectivity index (χ0v) is 8.94. The molecular weight excluding hydrogens is 210 g/mol. The maximum Gasteiger partial charge on any atom is 0.264 e. The summed E-state index contributed by atoms with van der Waals surface area (Å²) in [6.45, 7) is 1.37. The summed E-state index contributed by atoms with van der Waals surface area (Å²) in [7, 11) is 0. The number of nitrogens with one attached hydrogen (secondary N) is 1. The van der Waals surface area contributed by atoms with Gasteiger partial charge in [-0.2, -0.15) is 0 Å². The molecule has 3 N–H and O–H groups in total. The van der Waals surface area contributed by atoms with E-state index >= 15 is 0 Å². The first kappa shape index (κ1) is 11.1. The monoisotopic (exact) mass is 225 g/mol. The van der Waals surface area contributed by atoms with Crippen LogP contribution in [0.5, 0.6) is 0 Å². The molecule has 0 radical (unpaired) electrons. The number of hydrogen-bond donors (Lipinski definition) is 2. The molecule has 1 aromatic heterocycles. The molecule has 6 nitrogen and oxygen atoms in total. The van der Waals surface area contributed by atoms with Gasteiger partial charge in [-0.05, 0) is 12.8 Å². The minimum absolute atomic E-state index is 0.0814. The van der Waals surface area contributed by atoms with E-state index in [4.69, 9.17) is 10.5 Å². The lowest BCUT2D eigenvalue weighted by Gasteiger charge is -2.21. The second-order valence-electron chi connectivity index (χ2n) is 3.88. The van der Waals surface area contributed by atoms with Crippen LogP contribution in [0.4, 0.5) is 0 Å². The number of hydrogen-bond acceptors (Lipinski definition) is 4. The molecule has 0 bridgehead atoms. The Morgan fingerprint density at radius 1 is 1.56 bits per heavy atom. The van der Waals surface area contributed by atoms with E-state index in [0.717, 1.165) is 0 Å². The predicted octanol–water partition coefficient (Wildman–Crippen LogP) is -0.298. The molecule has 0 spiro atoms. The van der Waals surface area contributed by atoms with Crippen LogP contribution in [-0.2, 0) is 11.3 Å². The molecule has 1 aliphatic rings. The Bertz CT molecular complexity index is 429. The van der Waals surface area contributed by atoms with Crippen LogP contribution >= 0.6 is 0 Å². The molecule has 88 valence electrons. The summed E-state index contributed by atoms with van der Waals surface area (Å²) >= 11 is 0. The number of rotatable bonds is 2. The molecule has 0 amide bonds. The lowest BCUT2D eigenvalue weighted by molar-refractivity contribution is 0.0472. The van der Waals surface area contributed by atoms with Crippen LogP contribution in [0.25, 0.3) is 0 Å². The summed E-state index contributed by atoms with van der Waals surface area (Å²) in [6, 6.07) is 1.36. The third-order valence-corrected chi connectivity index (χ3v) is 2.81. The van der Waals surface area contributed by atoms with E-state index in [-0.39, 0.29) is 23.9 Å². The highest BCUT2D eigenvalue weighted by Gasteiger charge is 2.24. The highest BCUT2D eigenvalue weighted by molar-refractivity contribution is 5.81. The molecule has 1 aromatic rings. The first-order chi connectivity index (χ1) is 7.72. The highest BCUT2D eigenvalue weighted by Crippen LogP contribution is 2.17. The topological polar surface area (TPSA) is 90.1 Å². The van der Waals surface area contributed by atoms with Crippen molar-refractivity contribution in [2.75, 3.05) is 13.2 Å². The van der Waals surface area contributed by atoms with Crippen LogP contribution < -0.4 is 11.3 Å². The smallest absolute Gasteiger partial charge is 0.264 e. The van der Waals surface area contributed by atoms with Crippen molar-refractivity contribution in [1.82, 2.24) is 9.78 Å². The number of ether oxygens (including phenoxy) is 1. The van der Waals surface area contributed by atoms with Crippen LogP contribution in [-0.4, -0.2) is 28.9 Å². The van der Waals surface area contributed by atoms with Gasteiger partial charge in [0.1, 0.15) is 0 Å². The second-order valence-corrected chi connectivity index (χ2v) is 3.88. The van der Waals surface area contributed by atoms with Gasteiger partial charge in [0.2, 0.25) is 5.91 Å². The maximum absolute atomic E-state index is 12.1. The molecule has 2 heterocycles. The molecule has 2 rings (SSSR count). The van der Waals surface area contributed by atoms with Crippen LogP contribution in [0.3, 0.4) is 0 Å². The highest BCUT2D eigenvalue weighted by atomic mass is 16.5. The largest absolute Gasteiger partial charge is 0.381 e. The van der Waals surface area contributed by atoms with Crippen molar-refractivity contribution in [2.45, 2.75) is 19.4 Å². The number of aromatic nitrogens is 2. The Morgan fingerprint density at radius 2 is 2.25 bits per heavy atom.